The summed E-state index contributed by atoms with van der Waals surface area (Å²) in [5, 5.41) is 6.52. The number of carbonyl (C=O) groups excluding carboxylic acids is 1. The number of aryl methyl sites for hydroxylation is 2. The molecule has 6 aromatic rings. The van der Waals surface area contributed by atoms with E-state index < -0.39 is 0 Å². The third-order valence-electron chi connectivity index (χ3n) is 11.8. The van der Waals surface area contributed by atoms with Gasteiger partial charge in [0, 0.05) is 90.6 Å². The highest BCUT2D eigenvalue weighted by Crippen LogP contribution is 2.41. The maximum Gasteiger partial charge on any atom is 0.329 e. The summed E-state index contributed by atoms with van der Waals surface area (Å²) in [6.45, 7) is 9.10. The van der Waals surface area contributed by atoms with Crippen LogP contribution in [0.1, 0.15) is 35.4 Å². The molecule has 0 aromatic carbocycles. The fourth-order valence-corrected chi connectivity index (χ4v) is 8.67. The second kappa shape index (κ2) is 17.4. The Bertz CT molecular complexity index is 2870. The Morgan fingerprint density at radius 2 is 1.28 bits per heavy atom. The van der Waals surface area contributed by atoms with Crippen LogP contribution in [0, 0.1) is 13.8 Å². The van der Waals surface area contributed by atoms with Gasteiger partial charge in [0.1, 0.15) is 24.3 Å². The zero-order valence-corrected chi connectivity index (χ0v) is 35.5. The number of fused-ring (bicyclic) bond motifs is 8. The van der Waals surface area contributed by atoms with Gasteiger partial charge in [-0.2, -0.15) is 0 Å². The first-order chi connectivity index (χ1) is 31.3. The van der Waals surface area contributed by atoms with Gasteiger partial charge in [-0.25, -0.2) is 34.7 Å². The van der Waals surface area contributed by atoms with Crippen LogP contribution in [0.5, 0.6) is 0 Å². The van der Waals surface area contributed by atoms with E-state index in [1.54, 1.807) is 42.2 Å². The van der Waals surface area contributed by atoms with Crippen LogP contribution in [0.15, 0.2) is 118 Å². The van der Waals surface area contributed by atoms with E-state index in [-0.39, 0.29) is 12.1 Å². The molecular formula is C47H46N16O. The van der Waals surface area contributed by atoms with Crippen molar-refractivity contribution in [2.75, 3.05) is 70.3 Å². The van der Waals surface area contributed by atoms with Crippen LogP contribution in [0.2, 0.25) is 0 Å². The first-order valence-electron chi connectivity index (χ1n) is 21.3. The van der Waals surface area contributed by atoms with Crippen LogP contribution in [0.25, 0.3) is 22.5 Å². The van der Waals surface area contributed by atoms with Gasteiger partial charge in [-0.05, 0) is 99.5 Å². The Labute approximate surface area is 370 Å². The Kier molecular flexibility index (Phi) is 10.9. The number of aliphatic imine (C=N–C) groups is 4. The fraction of sp³-hybridized carbons (Fsp3) is 0.255. The molecule has 2 fully saturated rings. The number of nitrogens with two attached hydrogens (primary N) is 1. The zero-order valence-electron chi connectivity index (χ0n) is 35.5. The van der Waals surface area contributed by atoms with Gasteiger partial charge in [-0.1, -0.05) is 0 Å². The number of nitrogens with zero attached hydrogens (tertiary/aromatic N) is 13. The Morgan fingerprint density at radius 1 is 0.672 bits per heavy atom. The number of amides is 2. The van der Waals surface area contributed by atoms with Crippen molar-refractivity contribution in [3.8, 4) is 22.5 Å². The summed E-state index contributed by atoms with van der Waals surface area (Å²) in [5.74, 6) is 2.70. The molecule has 4 bridgehead atoms. The normalized spacial score (nSPS) is 18.2. The van der Waals surface area contributed by atoms with E-state index in [2.05, 4.69) is 84.6 Å². The Morgan fingerprint density at radius 3 is 1.95 bits per heavy atom. The number of carbonyl (C=O) groups is 1. The summed E-state index contributed by atoms with van der Waals surface area (Å²) in [7, 11) is 0. The minimum Gasteiger partial charge on any atom is -0.384 e. The number of hydrogen-bond acceptors (Lipinski definition) is 15. The van der Waals surface area contributed by atoms with Crippen molar-refractivity contribution in [3.05, 3.63) is 120 Å². The van der Waals surface area contributed by atoms with Gasteiger partial charge in [0.15, 0.2) is 11.6 Å². The maximum absolute atomic E-state index is 13.5. The quantitative estimate of drug-likeness (QED) is 0.177. The van der Waals surface area contributed by atoms with Crippen LogP contribution in [-0.2, 0) is 0 Å². The number of nitrogens with one attached hydrogen (secondary N) is 2. The average Bonchev–Trinajstić information content (AvgIpc) is 4.17. The van der Waals surface area contributed by atoms with Crippen LogP contribution < -0.4 is 31.1 Å². The standard InChI is InChI=1S/C24H22N8O.C15H16N4.C8H8N4/c1-15-10-16(4-7-26-15)19-2-3-21-23(29-19)32(18-6-9-31(21)13-18)24(33)30-22-11-17(5-8-27-22)20-12-25-14-28-20;1-10-8-11(4-6-16-10)13-2-3-14-15(18-13)17-12-5-7-19(14)9-12;9-8-3-6(1-2-11-8)7-4-10-5-12-7/h2-5,7-8,10-11,14,18H,6,9,12-13H2,1H3,(H,27,30,33);2-4,6,8,12H,5,7,9H2,1H3,(H,17,18);1-3,5H,4H2,(H2,9,11)/t18-;12-;/m00./s1. The highest BCUT2D eigenvalue weighted by molar-refractivity contribution is 6.10. The number of nitrogen functional groups attached to an aromatic ring is 1. The predicted octanol–water partition coefficient (Wildman–Crippen LogP) is 6.26. The predicted molar refractivity (Wildman–Crippen MR) is 253 cm³/mol. The molecule has 17 heteroatoms. The lowest BCUT2D eigenvalue weighted by Crippen LogP contribution is -2.48. The third-order valence-corrected chi connectivity index (χ3v) is 11.8. The molecular weight excluding hydrogens is 805 g/mol. The molecule has 4 N–H and O–H groups in total. The molecule has 0 radical (unpaired) electrons. The van der Waals surface area contributed by atoms with E-state index >= 15 is 0 Å². The average molecular weight is 851 g/mol. The van der Waals surface area contributed by atoms with Crippen molar-refractivity contribution < 1.29 is 4.79 Å². The molecule has 12 rings (SSSR count). The molecule has 0 spiro atoms. The van der Waals surface area contributed by atoms with Crippen LogP contribution >= 0.6 is 0 Å². The summed E-state index contributed by atoms with van der Waals surface area (Å²) in [4.78, 5) is 63.0. The molecule has 12 heterocycles. The molecule has 6 aliphatic rings. The lowest BCUT2D eigenvalue weighted by Gasteiger charge is -2.35. The van der Waals surface area contributed by atoms with Crippen LogP contribution in [-0.4, -0.2) is 111 Å². The van der Waals surface area contributed by atoms with Gasteiger partial charge < -0.3 is 20.9 Å². The zero-order chi connectivity index (χ0) is 43.6. The first-order valence-corrected chi connectivity index (χ1v) is 21.3. The SMILES string of the molecule is Cc1cc(-c2ccc3c(n2)N(C(=O)Nc2cc(C4=NC=NC4)ccn2)[C@H]2CCN3C2)ccn1.Cc1cc(-c2ccc3c(n2)N[C@H]2CCN3C2)ccn1.Nc1cc(C2=NC=NC2)ccn1. The van der Waals surface area contributed by atoms with Crippen molar-refractivity contribution in [3.63, 3.8) is 0 Å². The highest BCUT2D eigenvalue weighted by atomic mass is 16.2. The number of pyridine rings is 6. The number of urea groups is 1. The van der Waals surface area contributed by atoms with Crippen molar-refractivity contribution in [2.24, 2.45) is 20.0 Å². The third kappa shape index (κ3) is 8.47. The van der Waals surface area contributed by atoms with Crippen molar-refractivity contribution in [1.82, 2.24) is 29.9 Å². The molecule has 6 aromatic heterocycles. The maximum atomic E-state index is 13.5. The van der Waals surface area contributed by atoms with Crippen molar-refractivity contribution in [2.45, 2.75) is 38.8 Å². The number of hydrogen-bond donors (Lipinski definition) is 3. The molecule has 6 aliphatic heterocycles. The van der Waals surface area contributed by atoms with Crippen molar-refractivity contribution >= 4 is 64.8 Å². The molecule has 0 saturated carbocycles. The first kappa shape index (κ1) is 40.1. The van der Waals surface area contributed by atoms with Crippen LogP contribution in [0.3, 0.4) is 0 Å². The highest BCUT2D eigenvalue weighted by Gasteiger charge is 2.40. The summed E-state index contributed by atoms with van der Waals surface area (Å²) in [5.41, 5.74) is 17.3. The minimum atomic E-state index is -0.229. The van der Waals surface area contributed by atoms with Gasteiger partial charge in [-0.3, -0.25) is 30.2 Å². The van der Waals surface area contributed by atoms with E-state index in [0.29, 0.717) is 36.6 Å². The monoisotopic (exact) mass is 850 g/mol. The molecule has 17 nitrogen and oxygen atoms in total. The van der Waals surface area contributed by atoms with E-state index in [1.165, 1.54) is 12.1 Å². The molecule has 320 valence electrons. The van der Waals surface area contributed by atoms with E-state index in [9.17, 15) is 4.79 Å². The van der Waals surface area contributed by atoms with Gasteiger partial charge in [-0.15, -0.1) is 0 Å². The van der Waals surface area contributed by atoms with E-state index in [4.69, 9.17) is 15.7 Å². The number of aromatic nitrogens is 6. The minimum absolute atomic E-state index is 0.0650. The fourth-order valence-electron chi connectivity index (χ4n) is 8.67. The van der Waals surface area contributed by atoms with E-state index in [0.717, 1.165) is 101 Å². The molecule has 0 unspecified atom stereocenters. The lowest BCUT2D eigenvalue weighted by atomic mass is 10.1. The van der Waals surface area contributed by atoms with Crippen molar-refractivity contribution in [1.29, 1.82) is 0 Å². The van der Waals surface area contributed by atoms with Crippen LogP contribution in [0.4, 0.5) is 39.4 Å². The lowest BCUT2D eigenvalue weighted by molar-refractivity contribution is 0.254. The molecule has 2 amide bonds. The Hall–Kier alpha value is -7.95. The Balaban J connectivity index is 0.000000130. The topological polar surface area (TPSA) is 204 Å². The largest absolute Gasteiger partial charge is 0.384 e. The van der Waals surface area contributed by atoms with Gasteiger partial charge in [0.25, 0.3) is 0 Å². The number of rotatable bonds is 5. The summed E-state index contributed by atoms with van der Waals surface area (Å²) in [6.07, 6.45) is 12.2. The smallest absolute Gasteiger partial charge is 0.329 e. The van der Waals surface area contributed by atoms with Gasteiger partial charge in [0.2, 0.25) is 0 Å². The molecule has 0 aliphatic carbocycles. The molecule has 2 atom stereocenters. The summed E-state index contributed by atoms with van der Waals surface area (Å²) in [6, 6.07) is 24.2. The van der Waals surface area contributed by atoms with E-state index in [1.807, 2.05) is 62.5 Å². The number of anilines is 6. The summed E-state index contributed by atoms with van der Waals surface area (Å²) < 4.78 is 0. The summed E-state index contributed by atoms with van der Waals surface area (Å²) >= 11 is 0. The second-order valence-corrected chi connectivity index (χ2v) is 16.2. The van der Waals surface area contributed by atoms with Gasteiger partial charge >= 0.3 is 6.03 Å². The molecule has 2 saturated heterocycles. The second-order valence-electron chi connectivity index (χ2n) is 16.2. The van der Waals surface area contributed by atoms with Gasteiger partial charge in [0.05, 0.1) is 53.3 Å². The molecule has 64 heavy (non-hydrogen) atoms.